The smallest absolute Gasteiger partial charge is 0.104 e. The summed E-state index contributed by atoms with van der Waals surface area (Å²) in [6, 6.07) is 2.20. The van der Waals surface area contributed by atoms with E-state index in [1.54, 1.807) is 0 Å². The SMILES string of the molecule is CCC[C@H]1Cc2c(sc(N)c2C#N)CO1. The Kier molecular flexibility index (Phi) is 2.94. The van der Waals surface area contributed by atoms with Crippen molar-refractivity contribution < 1.29 is 4.74 Å². The third-order valence-corrected chi connectivity index (χ3v) is 3.76. The third kappa shape index (κ3) is 1.85. The Bertz CT molecular complexity index is 405. The van der Waals surface area contributed by atoms with E-state index in [0.29, 0.717) is 17.2 Å². The zero-order valence-corrected chi connectivity index (χ0v) is 9.56. The Morgan fingerprint density at radius 1 is 1.67 bits per heavy atom. The van der Waals surface area contributed by atoms with E-state index in [9.17, 15) is 0 Å². The van der Waals surface area contributed by atoms with Crippen LogP contribution >= 0.6 is 11.3 Å². The van der Waals surface area contributed by atoms with E-state index in [4.69, 9.17) is 15.7 Å². The van der Waals surface area contributed by atoms with Crippen molar-refractivity contribution in [3.63, 3.8) is 0 Å². The molecule has 0 aromatic carbocycles. The molecule has 0 radical (unpaired) electrons. The van der Waals surface area contributed by atoms with Gasteiger partial charge >= 0.3 is 0 Å². The average molecular weight is 222 g/mol. The number of hydrogen-bond acceptors (Lipinski definition) is 4. The molecule has 15 heavy (non-hydrogen) atoms. The molecule has 2 heterocycles. The molecule has 1 aromatic rings. The summed E-state index contributed by atoms with van der Waals surface area (Å²) in [7, 11) is 0. The maximum absolute atomic E-state index is 9.02. The summed E-state index contributed by atoms with van der Waals surface area (Å²) in [6.45, 7) is 2.77. The predicted molar refractivity (Wildman–Crippen MR) is 60.6 cm³/mol. The van der Waals surface area contributed by atoms with Crippen LogP contribution in [0.5, 0.6) is 0 Å². The lowest BCUT2D eigenvalue weighted by atomic mass is 9.99. The first kappa shape index (κ1) is 10.5. The van der Waals surface area contributed by atoms with Gasteiger partial charge in [-0.05, 0) is 12.0 Å². The molecule has 2 rings (SSSR count). The first-order chi connectivity index (χ1) is 7.26. The van der Waals surface area contributed by atoms with E-state index in [1.807, 2.05) is 0 Å². The minimum Gasteiger partial charge on any atom is -0.389 e. The van der Waals surface area contributed by atoms with Crippen LogP contribution in [0.25, 0.3) is 0 Å². The molecule has 1 atom stereocenters. The molecule has 0 fully saturated rings. The zero-order chi connectivity index (χ0) is 10.8. The lowest BCUT2D eigenvalue weighted by Gasteiger charge is -2.22. The lowest BCUT2D eigenvalue weighted by Crippen LogP contribution is -2.21. The van der Waals surface area contributed by atoms with Crippen LogP contribution in [0.1, 0.15) is 35.8 Å². The molecule has 0 bridgehead atoms. The Morgan fingerprint density at radius 3 is 3.13 bits per heavy atom. The molecule has 0 spiro atoms. The van der Waals surface area contributed by atoms with Crippen molar-refractivity contribution in [2.45, 2.75) is 38.9 Å². The Labute approximate surface area is 93.5 Å². The minimum atomic E-state index is 0.267. The summed E-state index contributed by atoms with van der Waals surface area (Å²) >= 11 is 1.49. The van der Waals surface area contributed by atoms with E-state index >= 15 is 0 Å². The first-order valence-electron chi connectivity index (χ1n) is 5.18. The van der Waals surface area contributed by atoms with Gasteiger partial charge in [0.05, 0.1) is 18.3 Å². The fourth-order valence-corrected chi connectivity index (χ4v) is 2.95. The third-order valence-electron chi connectivity index (χ3n) is 2.72. The summed E-state index contributed by atoms with van der Waals surface area (Å²) in [5.74, 6) is 0. The number of anilines is 1. The quantitative estimate of drug-likeness (QED) is 0.836. The van der Waals surface area contributed by atoms with E-state index in [1.165, 1.54) is 11.3 Å². The molecule has 0 unspecified atom stereocenters. The molecule has 80 valence electrons. The second-order valence-corrected chi connectivity index (χ2v) is 4.92. The maximum Gasteiger partial charge on any atom is 0.104 e. The minimum absolute atomic E-state index is 0.267. The molecular weight excluding hydrogens is 208 g/mol. The monoisotopic (exact) mass is 222 g/mol. The number of ether oxygens (including phenoxy) is 1. The molecule has 3 nitrogen and oxygen atoms in total. The second-order valence-electron chi connectivity index (χ2n) is 3.78. The summed E-state index contributed by atoms with van der Waals surface area (Å²) in [4.78, 5) is 1.14. The molecule has 0 saturated carbocycles. The van der Waals surface area contributed by atoms with Crippen LogP contribution < -0.4 is 5.73 Å². The van der Waals surface area contributed by atoms with Crippen molar-refractivity contribution >= 4 is 16.3 Å². The highest BCUT2D eigenvalue weighted by Crippen LogP contribution is 2.35. The van der Waals surface area contributed by atoms with Gasteiger partial charge in [0.15, 0.2) is 0 Å². The summed E-state index contributed by atoms with van der Waals surface area (Å²) in [5, 5.41) is 9.66. The van der Waals surface area contributed by atoms with Crippen molar-refractivity contribution in [3.05, 3.63) is 16.0 Å². The van der Waals surface area contributed by atoms with Crippen LogP contribution in [-0.2, 0) is 17.8 Å². The lowest BCUT2D eigenvalue weighted by molar-refractivity contribution is 0.0250. The van der Waals surface area contributed by atoms with Crippen LogP contribution in [0, 0.1) is 11.3 Å². The highest BCUT2D eigenvalue weighted by Gasteiger charge is 2.24. The topological polar surface area (TPSA) is 59.0 Å². The number of fused-ring (bicyclic) bond motifs is 1. The van der Waals surface area contributed by atoms with Gasteiger partial charge in [0.25, 0.3) is 0 Å². The molecule has 0 aliphatic carbocycles. The van der Waals surface area contributed by atoms with Crippen LogP contribution in [0.4, 0.5) is 5.00 Å². The van der Waals surface area contributed by atoms with E-state index < -0.39 is 0 Å². The molecule has 0 amide bonds. The number of hydrogen-bond donors (Lipinski definition) is 1. The number of nitrogens with two attached hydrogens (primary N) is 1. The Hall–Kier alpha value is -1.05. The van der Waals surface area contributed by atoms with Gasteiger partial charge < -0.3 is 10.5 Å². The number of nitrogen functional groups attached to an aromatic ring is 1. The number of nitriles is 1. The van der Waals surface area contributed by atoms with E-state index in [2.05, 4.69) is 13.0 Å². The molecular formula is C11H14N2OS. The Morgan fingerprint density at radius 2 is 2.47 bits per heavy atom. The van der Waals surface area contributed by atoms with Gasteiger partial charge in [-0.1, -0.05) is 13.3 Å². The largest absolute Gasteiger partial charge is 0.389 e. The summed E-state index contributed by atoms with van der Waals surface area (Å²) < 4.78 is 5.70. The highest BCUT2D eigenvalue weighted by molar-refractivity contribution is 7.16. The fraction of sp³-hybridized carbons (Fsp3) is 0.545. The number of thiophene rings is 1. The van der Waals surface area contributed by atoms with Crippen LogP contribution in [-0.4, -0.2) is 6.10 Å². The highest BCUT2D eigenvalue weighted by atomic mass is 32.1. The normalized spacial score (nSPS) is 19.6. The van der Waals surface area contributed by atoms with Gasteiger partial charge in [-0.2, -0.15) is 5.26 Å². The van der Waals surface area contributed by atoms with Crippen LogP contribution in [0.15, 0.2) is 0 Å². The van der Waals surface area contributed by atoms with Crippen molar-refractivity contribution in [3.8, 4) is 6.07 Å². The average Bonchev–Trinajstić information content (AvgIpc) is 2.53. The molecule has 4 heteroatoms. The van der Waals surface area contributed by atoms with E-state index in [-0.39, 0.29) is 6.10 Å². The maximum atomic E-state index is 9.02. The standard InChI is InChI=1S/C11H14N2OS/c1-2-3-7-4-8-9(5-12)11(13)15-10(8)6-14-7/h7H,2-4,6,13H2,1H3/t7-/m0/s1. The van der Waals surface area contributed by atoms with Crippen molar-refractivity contribution in [2.75, 3.05) is 5.73 Å². The van der Waals surface area contributed by atoms with Crippen molar-refractivity contribution in [1.29, 1.82) is 5.26 Å². The van der Waals surface area contributed by atoms with Gasteiger partial charge in [0.2, 0.25) is 0 Å². The number of rotatable bonds is 2. The number of nitrogens with zero attached hydrogens (tertiary/aromatic N) is 1. The van der Waals surface area contributed by atoms with Gasteiger partial charge in [-0.3, -0.25) is 0 Å². The first-order valence-corrected chi connectivity index (χ1v) is 5.99. The molecule has 0 saturated heterocycles. The Balaban J connectivity index is 2.28. The van der Waals surface area contributed by atoms with Gasteiger partial charge in [-0.25, -0.2) is 0 Å². The van der Waals surface area contributed by atoms with Crippen molar-refractivity contribution in [2.24, 2.45) is 0 Å². The molecule has 2 N–H and O–H groups in total. The summed E-state index contributed by atoms with van der Waals surface area (Å²) in [6.07, 6.45) is 3.28. The van der Waals surface area contributed by atoms with Gasteiger partial charge in [0.1, 0.15) is 11.1 Å². The molecule has 1 aliphatic rings. The van der Waals surface area contributed by atoms with Crippen LogP contribution in [0.2, 0.25) is 0 Å². The predicted octanol–water partition coefficient (Wildman–Crippen LogP) is 2.44. The van der Waals surface area contributed by atoms with Gasteiger partial charge in [0, 0.05) is 11.3 Å². The summed E-state index contributed by atoms with van der Waals surface area (Å²) in [5.41, 5.74) is 7.60. The fourth-order valence-electron chi connectivity index (χ4n) is 1.98. The van der Waals surface area contributed by atoms with Gasteiger partial charge in [-0.15, -0.1) is 11.3 Å². The zero-order valence-electron chi connectivity index (χ0n) is 8.75. The molecule has 1 aliphatic heterocycles. The van der Waals surface area contributed by atoms with E-state index in [0.717, 1.165) is 29.7 Å². The second kappa shape index (κ2) is 4.21. The molecule has 1 aromatic heterocycles. The van der Waals surface area contributed by atoms with Crippen LogP contribution in [0.3, 0.4) is 0 Å². The van der Waals surface area contributed by atoms with Crippen molar-refractivity contribution in [1.82, 2.24) is 0 Å².